The van der Waals surface area contributed by atoms with Crippen LogP contribution in [0.15, 0.2) is 28.7 Å². The molecule has 0 aliphatic heterocycles. The smallest absolute Gasteiger partial charge is 0.163 e. The lowest BCUT2D eigenvalue weighted by molar-refractivity contribution is 0.0950. The van der Waals surface area contributed by atoms with Gasteiger partial charge in [0, 0.05) is 16.5 Å². The number of rotatable bonds is 3. The van der Waals surface area contributed by atoms with E-state index in [2.05, 4.69) is 15.9 Å². The maximum Gasteiger partial charge on any atom is 0.163 e. The highest BCUT2D eigenvalue weighted by Gasteiger charge is 2.17. The Kier molecular flexibility index (Phi) is 4.16. The van der Waals surface area contributed by atoms with Gasteiger partial charge >= 0.3 is 0 Å². The van der Waals surface area contributed by atoms with Gasteiger partial charge in [-0.15, -0.1) is 0 Å². The molecule has 0 unspecified atom stereocenters. The zero-order valence-corrected chi connectivity index (χ0v) is 11.0. The van der Waals surface area contributed by atoms with E-state index in [9.17, 15) is 4.79 Å². The number of hydrogen-bond acceptors (Lipinski definition) is 1. The summed E-state index contributed by atoms with van der Waals surface area (Å²) in [6.07, 6.45) is 7.17. The summed E-state index contributed by atoms with van der Waals surface area (Å²) in [4.78, 5) is 12.0. The average molecular weight is 281 g/mol. The highest BCUT2D eigenvalue weighted by atomic mass is 79.9. The van der Waals surface area contributed by atoms with Crippen LogP contribution in [0.5, 0.6) is 0 Å². The normalized spacial score (nSPS) is 17.3. The van der Waals surface area contributed by atoms with Crippen LogP contribution in [0.3, 0.4) is 0 Å². The average Bonchev–Trinajstić information content (AvgIpc) is 2.31. The molecule has 0 bridgehead atoms. The molecule has 1 aliphatic carbocycles. The van der Waals surface area contributed by atoms with Crippen molar-refractivity contribution in [3.05, 3.63) is 34.3 Å². The van der Waals surface area contributed by atoms with E-state index in [0.717, 1.165) is 16.5 Å². The first-order valence-electron chi connectivity index (χ1n) is 6.04. The third kappa shape index (κ3) is 3.18. The fourth-order valence-corrected chi connectivity index (χ4v) is 2.67. The first-order valence-corrected chi connectivity index (χ1v) is 6.84. The van der Waals surface area contributed by atoms with E-state index in [-0.39, 0.29) is 0 Å². The number of halogens is 1. The summed E-state index contributed by atoms with van der Waals surface area (Å²) in [5, 5.41) is 0. The van der Waals surface area contributed by atoms with E-state index in [1.165, 1.54) is 32.1 Å². The van der Waals surface area contributed by atoms with Gasteiger partial charge in [0.2, 0.25) is 0 Å². The van der Waals surface area contributed by atoms with Gasteiger partial charge in [-0.05, 0) is 18.1 Å². The predicted molar refractivity (Wildman–Crippen MR) is 69.7 cm³/mol. The van der Waals surface area contributed by atoms with Crippen LogP contribution in [0.2, 0.25) is 0 Å². The molecule has 2 heteroatoms. The molecule has 2 rings (SSSR count). The minimum atomic E-state index is 0.305. The van der Waals surface area contributed by atoms with Gasteiger partial charge in [-0.25, -0.2) is 0 Å². The molecule has 0 atom stereocenters. The Balaban J connectivity index is 1.94. The van der Waals surface area contributed by atoms with E-state index in [0.29, 0.717) is 11.7 Å². The molecule has 0 spiro atoms. The van der Waals surface area contributed by atoms with Crippen LogP contribution in [-0.4, -0.2) is 5.78 Å². The lowest BCUT2D eigenvalue weighted by atomic mass is 9.85. The van der Waals surface area contributed by atoms with Gasteiger partial charge in [-0.3, -0.25) is 4.79 Å². The van der Waals surface area contributed by atoms with Crippen molar-refractivity contribution in [1.29, 1.82) is 0 Å². The first kappa shape index (κ1) is 11.8. The summed E-state index contributed by atoms with van der Waals surface area (Å²) in [6.45, 7) is 0. The van der Waals surface area contributed by atoms with Gasteiger partial charge < -0.3 is 0 Å². The molecule has 1 aromatic carbocycles. The molecule has 1 fully saturated rings. The van der Waals surface area contributed by atoms with Crippen LogP contribution in [0.4, 0.5) is 0 Å². The third-order valence-electron chi connectivity index (χ3n) is 3.37. The zero-order chi connectivity index (χ0) is 11.4. The van der Waals surface area contributed by atoms with Crippen molar-refractivity contribution < 1.29 is 4.79 Å². The van der Waals surface area contributed by atoms with Crippen molar-refractivity contribution in [2.24, 2.45) is 5.92 Å². The molecule has 16 heavy (non-hydrogen) atoms. The van der Waals surface area contributed by atoms with Crippen molar-refractivity contribution >= 4 is 21.7 Å². The second-order valence-corrected chi connectivity index (χ2v) is 5.55. The molecule has 1 aliphatic rings. The number of ketones is 1. The van der Waals surface area contributed by atoms with E-state index >= 15 is 0 Å². The molecule has 86 valence electrons. The minimum absolute atomic E-state index is 0.305. The first-order chi connectivity index (χ1) is 7.75. The molecule has 1 nitrogen and oxygen atoms in total. The van der Waals surface area contributed by atoms with Crippen molar-refractivity contribution in [2.45, 2.75) is 38.5 Å². The molecule has 0 aromatic heterocycles. The Morgan fingerprint density at radius 3 is 2.38 bits per heavy atom. The fourth-order valence-electron chi connectivity index (χ4n) is 2.41. The van der Waals surface area contributed by atoms with Crippen molar-refractivity contribution in [3.8, 4) is 0 Å². The largest absolute Gasteiger partial charge is 0.294 e. The second-order valence-electron chi connectivity index (χ2n) is 4.64. The van der Waals surface area contributed by atoms with Gasteiger partial charge in [0.05, 0.1) is 0 Å². The molecule has 0 saturated heterocycles. The monoisotopic (exact) mass is 280 g/mol. The van der Waals surface area contributed by atoms with Crippen LogP contribution in [0.25, 0.3) is 0 Å². The van der Waals surface area contributed by atoms with E-state index < -0.39 is 0 Å². The molecule has 1 saturated carbocycles. The minimum Gasteiger partial charge on any atom is -0.294 e. The Morgan fingerprint density at radius 2 is 1.75 bits per heavy atom. The Bertz CT molecular complexity index is 350. The summed E-state index contributed by atoms with van der Waals surface area (Å²) >= 11 is 3.38. The standard InChI is InChI=1S/C14H17BrO/c15-13-8-6-12(7-9-13)14(16)10-11-4-2-1-3-5-11/h6-9,11H,1-5,10H2. The lowest BCUT2D eigenvalue weighted by Gasteiger charge is -2.20. The van der Waals surface area contributed by atoms with Gasteiger partial charge in [0.1, 0.15) is 0 Å². The van der Waals surface area contributed by atoms with Crippen molar-refractivity contribution in [2.75, 3.05) is 0 Å². The number of benzene rings is 1. The van der Waals surface area contributed by atoms with Gasteiger partial charge in [0.25, 0.3) is 0 Å². The molecule has 1 aromatic rings. The Morgan fingerprint density at radius 1 is 1.12 bits per heavy atom. The second kappa shape index (κ2) is 5.62. The van der Waals surface area contributed by atoms with E-state index in [1.54, 1.807) is 0 Å². The van der Waals surface area contributed by atoms with Crippen LogP contribution in [0.1, 0.15) is 48.9 Å². The van der Waals surface area contributed by atoms with Crippen LogP contribution < -0.4 is 0 Å². The highest BCUT2D eigenvalue weighted by Crippen LogP contribution is 2.27. The number of carbonyl (C=O) groups excluding carboxylic acids is 1. The molecule has 0 heterocycles. The maximum absolute atomic E-state index is 12.0. The lowest BCUT2D eigenvalue weighted by Crippen LogP contribution is -2.12. The van der Waals surface area contributed by atoms with Gasteiger partial charge in [-0.1, -0.05) is 60.2 Å². The summed E-state index contributed by atoms with van der Waals surface area (Å²) in [6, 6.07) is 7.70. The highest BCUT2D eigenvalue weighted by molar-refractivity contribution is 9.10. The number of Topliss-reactive ketones (excluding diaryl/α,β-unsaturated/α-hetero) is 1. The number of hydrogen-bond donors (Lipinski definition) is 0. The van der Waals surface area contributed by atoms with E-state index in [4.69, 9.17) is 0 Å². The summed E-state index contributed by atoms with van der Waals surface area (Å²) in [5.41, 5.74) is 0.855. The molecular formula is C14H17BrO. The summed E-state index contributed by atoms with van der Waals surface area (Å²) in [7, 11) is 0. The quantitative estimate of drug-likeness (QED) is 0.740. The summed E-state index contributed by atoms with van der Waals surface area (Å²) in [5.74, 6) is 0.935. The molecule has 0 amide bonds. The Hall–Kier alpha value is -0.630. The Labute approximate surface area is 105 Å². The third-order valence-corrected chi connectivity index (χ3v) is 3.89. The van der Waals surface area contributed by atoms with Crippen LogP contribution >= 0.6 is 15.9 Å². The van der Waals surface area contributed by atoms with Crippen LogP contribution in [-0.2, 0) is 0 Å². The molecular weight excluding hydrogens is 264 g/mol. The van der Waals surface area contributed by atoms with E-state index in [1.807, 2.05) is 24.3 Å². The van der Waals surface area contributed by atoms with Crippen molar-refractivity contribution in [1.82, 2.24) is 0 Å². The fraction of sp³-hybridized carbons (Fsp3) is 0.500. The summed E-state index contributed by atoms with van der Waals surface area (Å²) < 4.78 is 1.03. The SMILES string of the molecule is O=C(CC1CCCCC1)c1ccc(Br)cc1. The molecule has 0 N–H and O–H groups in total. The maximum atomic E-state index is 12.0. The molecule has 0 radical (unpaired) electrons. The van der Waals surface area contributed by atoms with Crippen LogP contribution in [0, 0.1) is 5.92 Å². The zero-order valence-electron chi connectivity index (χ0n) is 9.42. The topological polar surface area (TPSA) is 17.1 Å². The van der Waals surface area contributed by atoms with Gasteiger partial charge in [0.15, 0.2) is 5.78 Å². The van der Waals surface area contributed by atoms with Gasteiger partial charge in [-0.2, -0.15) is 0 Å². The predicted octanol–water partition coefficient (Wildman–Crippen LogP) is 4.60. The van der Waals surface area contributed by atoms with Crippen molar-refractivity contribution in [3.63, 3.8) is 0 Å². The number of carbonyl (C=O) groups is 1.